The molecule has 8 heteroatoms. The lowest BCUT2D eigenvalue weighted by Gasteiger charge is -2.13. The van der Waals surface area contributed by atoms with E-state index in [0.29, 0.717) is 12.3 Å². The summed E-state index contributed by atoms with van der Waals surface area (Å²) in [6.07, 6.45) is -2.79. The largest absolute Gasteiger partial charge is 0.503 e. The average Bonchev–Trinajstić information content (AvgIpc) is 1.96. The third-order valence-corrected chi connectivity index (χ3v) is 1.50. The van der Waals surface area contributed by atoms with E-state index in [1.165, 1.54) is 0 Å². The van der Waals surface area contributed by atoms with Gasteiger partial charge in [0.25, 0.3) is 0 Å². The predicted octanol–water partition coefficient (Wildman–Crippen LogP) is 2.55. The van der Waals surface area contributed by atoms with Crippen molar-refractivity contribution in [2.24, 2.45) is 11.7 Å². The SMILES string of the molecule is CC(N)CC(C)CC(C)F.O=C(O)O.O=C(O)O. The van der Waals surface area contributed by atoms with Crippen molar-refractivity contribution in [2.75, 3.05) is 0 Å². The van der Waals surface area contributed by atoms with Crippen LogP contribution in [0.4, 0.5) is 14.0 Å². The standard InChI is InChI=1S/C8H18FN.2CH2O3/c1-6(4-7(2)9)5-8(3)10;2*2-1(3)4/h6-8H,4-5,10H2,1-3H3;2*(H2,2,3,4). The molecule has 0 aromatic rings. The lowest BCUT2D eigenvalue weighted by atomic mass is 9.98. The summed E-state index contributed by atoms with van der Waals surface area (Å²) < 4.78 is 12.4. The molecule has 0 saturated carbocycles. The number of halogens is 1. The molecule has 0 amide bonds. The smallest absolute Gasteiger partial charge is 0.450 e. The Hall–Kier alpha value is -1.57. The molecule has 18 heavy (non-hydrogen) atoms. The summed E-state index contributed by atoms with van der Waals surface area (Å²) in [4.78, 5) is 17.1. The molecule has 3 atom stereocenters. The highest BCUT2D eigenvalue weighted by atomic mass is 19.1. The van der Waals surface area contributed by atoms with E-state index in [1.807, 2.05) is 13.8 Å². The number of carboxylic acid groups (broad SMARTS) is 4. The molecule has 0 fully saturated rings. The maximum Gasteiger partial charge on any atom is 0.503 e. The lowest BCUT2D eigenvalue weighted by molar-refractivity contribution is 0.135. The van der Waals surface area contributed by atoms with Gasteiger partial charge < -0.3 is 26.2 Å². The Bertz CT molecular complexity index is 192. The summed E-state index contributed by atoms with van der Waals surface area (Å²) in [5.74, 6) is 0.417. The Kier molecular flexibility index (Phi) is 16.3. The second kappa shape index (κ2) is 13.5. The molecule has 0 radical (unpaired) electrons. The minimum Gasteiger partial charge on any atom is -0.450 e. The van der Waals surface area contributed by atoms with Crippen molar-refractivity contribution in [3.05, 3.63) is 0 Å². The number of carbonyl (C=O) groups is 2. The van der Waals surface area contributed by atoms with E-state index in [0.717, 1.165) is 6.42 Å². The zero-order valence-electron chi connectivity index (χ0n) is 10.7. The van der Waals surface area contributed by atoms with Gasteiger partial charge >= 0.3 is 12.3 Å². The van der Waals surface area contributed by atoms with E-state index in [2.05, 4.69) is 0 Å². The van der Waals surface area contributed by atoms with Gasteiger partial charge in [-0.3, -0.25) is 0 Å². The van der Waals surface area contributed by atoms with Crippen molar-refractivity contribution in [3.8, 4) is 0 Å². The Morgan fingerprint density at radius 1 is 1.00 bits per heavy atom. The normalized spacial score (nSPS) is 13.8. The summed E-state index contributed by atoms with van der Waals surface area (Å²) in [5, 5.41) is 27.9. The van der Waals surface area contributed by atoms with Crippen LogP contribution in [0, 0.1) is 5.92 Å². The zero-order valence-corrected chi connectivity index (χ0v) is 10.7. The van der Waals surface area contributed by atoms with Gasteiger partial charge in [-0.05, 0) is 32.6 Å². The fourth-order valence-corrected chi connectivity index (χ4v) is 1.29. The quantitative estimate of drug-likeness (QED) is 0.529. The number of nitrogens with two attached hydrogens (primary N) is 1. The average molecular weight is 271 g/mol. The van der Waals surface area contributed by atoms with Crippen LogP contribution in [0.25, 0.3) is 0 Å². The van der Waals surface area contributed by atoms with Crippen LogP contribution in [0.2, 0.25) is 0 Å². The second-order valence-corrected chi connectivity index (χ2v) is 3.90. The van der Waals surface area contributed by atoms with Gasteiger partial charge in [-0.2, -0.15) is 0 Å². The Morgan fingerprint density at radius 3 is 1.44 bits per heavy atom. The fraction of sp³-hybridized carbons (Fsp3) is 0.800. The van der Waals surface area contributed by atoms with Crippen LogP contribution in [-0.4, -0.2) is 45.0 Å². The maximum absolute atomic E-state index is 12.4. The van der Waals surface area contributed by atoms with E-state index in [-0.39, 0.29) is 6.04 Å². The van der Waals surface area contributed by atoms with Crippen LogP contribution in [-0.2, 0) is 0 Å². The first-order valence-corrected chi connectivity index (χ1v) is 5.22. The van der Waals surface area contributed by atoms with Crippen LogP contribution >= 0.6 is 0 Å². The number of hydrogen-bond donors (Lipinski definition) is 5. The third-order valence-electron chi connectivity index (χ3n) is 1.50. The maximum atomic E-state index is 12.4. The van der Waals surface area contributed by atoms with Crippen molar-refractivity contribution in [1.82, 2.24) is 0 Å². The summed E-state index contributed by atoms with van der Waals surface area (Å²) in [6, 6.07) is 0.203. The van der Waals surface area contributed by atoms with Gasteiger partial charge in [0.05, 0.1) is 6.17 Å². The van der Waals surface area contributed by atoms with Crippen molar-refractivity contribution in [2.45, 2.75) is 45.8 Å². The van der Waals surface area contributed by atoms with Gasteiger partial charge in [-0.1, -0.05) is 6.92 Å². The van der Waals surface area contributed by atoms with Gasteiger partial charge in [0.2, 0.25) is 0 Å². The van der Waals surface area contributed by atoms with Crippen molar-refractivity contribution >= 4 is 12.3 Å². The van der Waals surface area contributed by atoms with Gasteiger partial charge in [-0.15, -0.1) is 0 Å². The molecule has 0 aromatic heterocycles. The molecule has 6 N–H and O–H groups in total. The molecule has 0 aromatic carbocycles. The first-order chi connectivity index (χ1) is 7.98. The predicted molar refractivity (Wildman–Crippen MR) is 63.9 cm³/mol. The molecule has 0 rings (SSSR count). The molecule has 7 nitrogen and oxygen atoms in total. The van der Waals surface area contributed by atoms with E-state index in [4.69, 9.17) is 35.7 Å². The molecule has 3 unspecified atom stereocenters. The first kappa shape index (κ1) is 21.7. The molecule has 0 aliphatic rings. The third kappa shape index (κ3) is 63.0. The van der Waals surface area contributed by atoms with Crippen molar-refractivity contribution in [1.29, 1.82) is 0 Å². The summed E-state index contributed by atoms with van der Waals surface area (Å²) in [5.41, 5.74) is 5.55. The van der Waals surface area contributed by atoms with Crippen LogP contribution in [0.3, 0.4) is 0 Å². The summed E-state index contributed by atoms with van der Waals surface area (Å²) in [6.45, 7) is 5.59. The number of rotatable bonds is 4. The Balaban J connectivity index is -0.000000233. The van der Waals surface area contributed by atoms with Crippen LogP contribution in [0.1, 0.15) is 33.6 Å². The highest BCUT2D eigenvalue weighted by molar-refractivity contribution is 5.53. The van der Waals surface area contributed by atoms with E-state index >= 15 is 0 Å². The lowest BCUT2D eigenvalue weighted by Crippen LogP contribution is -2.19. The minimum atomic E-state index is -1.83. The molecule has 0 saturated heterocycles. The van der Waals surface area contributed by atoms with E-state index in [1.54, 1.807) is 6.92 Å². The number of alkyl halides is 1. The van der Waals surface area contributed by atoms with Crippen molar-refractivity contribution in [3.63, 3.8) is 0 Å². The van der Waals surface area contributed by atoms with Gasteiger partial charge in [0.1, 0.15) is 0 Å². The molecular weight excluding hydrogens is 249 g/mol. The molecular formula is C10H22FNO6. The molecule has 0 aliphatic carbocycles. The number of hydrogen-bond acceptors (Lipinski definition) is 3. The van der Waals surface area contributed by atoms with Gasteiger partial charge in [0.15, 0.2) is 0 Å². The summed E-state index contributed by atoms with van der Waals surface area (Å²) in [7, 11) is 0. The zero-order chi connectivity index (χ0) is 15.3. The molecule has 0 bridgehead atoms. The fourth-order valence-electron chi connectivity index (χ4n) is 1.29. The first-order valence-electron chi connectivity index (χ1n) is 5.22. The minimum absolute atomic E-state index is 0.203. The Labute approximate surface area is 105 Å². The monoisotopic (exact) mass is 271 g/mol. The highest BCUT2D eigenvalue weighted by Crippen LogP contribution is 2.13. The van der Waals surface area contributed by atoms with E-state index < -0.39 is 18.5 Å². The van der Waals surface area contributed by atoms with Gasteiger partial charge in [-0.25, -0.2) is 14.0 Å². The Morgan fingerprint density at radius 2 is 1.28 bits per heavy atom. The summed E-state index contributed by atoms with van der Waals surface area (Å²) >= 11 is 0. The van der Waals surface area contributed by atoms with E-state index in [9.17, 15) is 4.39 Å². The molecule has 0 heterocycles. The van der Waals surface area contributed by atoms with Crippen molar-refractivity contribution < 1.29 is 34.4 Å². The topological polar surface area (TPSA) is 141 Å². The highest BCUT2D eigenvalue weighted by Gasteiger charge is 2.08. The molecule has 0 spiro atoms. The second-order valence-electron chi connectivity index (χ2n) is 3.90. The van der Waals surface area contributed by atoms with Crippen LogP contribution in [0.15, 0.2) is 0 Å². The van der Waals surface area contributed by atoms with Crippen LogP contribution in [0.5, 0.6) is 0 Å². The molecule has 0 aliphatic heterocycles. The van der Waals surface area contributed by atoms with Crippen LogP contribution < -0.4 is 5.73 Å². The van der Waals surface area contributed by atoms with Gasteiger partial charge in [0, 0.05) is 6.04 Å². The molecule has 110 valence electrons.